The van der Waals surface area contributed by atoms with Gasteiger partial charge in [-0.25, -0.2) is 4.79 Å². The molecule has 0 aliphatic rings. The molecule has 0 rings (SSSR count). The number of thioether (sulfide) groups is 1. The number of hydrogen-bond donors (Lipinski definition) is 11. The molecule has 22 nitrogen and oxygen atoms in total. The lowest BCUT2D eigenvalue weighted by Crippen LogP contribution is -2.60. The Morgan fingerprint density at radius 3 is 1.06 bits per heavy atom. The molecule has 524 valence electrons. The molecule has 6 amide bonds. The third-order valence-electron chi connectivity index (χ3n) is 16.0. The lowest BCUT2D eigenvalue weighted by molar-refractivity contribution is -0.157. The van der Waals surface area contributed by atoms with Crippen LogP contribution in [0.15, 0.2) is 0 Å². The Labute approximate surface area is 546 Å². The largest absolute Gasteiger partial charge is 0.480 e. The quantitative estimate of drug-likeness (QED) is 0.0200. The summed E-state index contributed by atoms with van der Waals surface area (Å²) in [5, 5.41) is 36.0. The van der Waals surface area contributed by atoms with E-state index >= 15 is 0 Å². The van der Waals surface area contributed by atoms with Gasteiger partial charge < -0.3 is 68.8 Å². The van der Waals surface area contributed by atoms with Crippen molar-refractivity contribution in [1.29, 1.82) is 0 Å². The minimum Gasteiger partial charge on any atom is -0.480 e. The summed E-state index contributed by atoms with van der Waals surface area (Å²) in [6, 6.07) is -7.73. The third-order valence-corrected chi connectivity index (χ3v) is 17.2. The molecule has 7 atom stereocenters. The molecular weight excluding hydrogens is 1170 g/mol. The maximum atomic E-state index is 14.2. The zero-order valence-corrected chi connectivity index (χ0v) is 57.1. The summed E-state index contributed by atoms with van der Waals surface area (Å²) in [5.41, 5.74) is 17.3. The number of aliphatic carboxylic acids is 1. The average Bonchev–Trinajstić information content (AvgIpc) is 3.66. The van der Waals surface area contributed by atoms with Crippen LogP contribution in [0.1, 0.15) is 285 Å². The summed E-state index contributed by atoms with van der Waals surface area (Å²) in [6.45, 7) is 7.35. The predicted molar refractivity (Wildman–Crippen MR) is 359 cm³/mol. The summed E-state index contributed by atoms with van der Waals surface area (Å²) in [6.07, 6.45) is 34.3. The molecule has 0 fully saturated rings. The van der Waals surface area contributed by atoms with Crippen LogP contribution in [0.5, 0.6) is 0 Å². The normalized spacial score (nSPS) is 13.6. The highest BCUT2D eigenvalue weighted by Gasteiger charge is 2.33. The second-order valence-corrected chi connectivity index (χ2v) is 25.5. The first-order valence-electron chi connectivity index (χ1n) is 35.2. The Hall–Kier alpha value is -4.58. The summed E-state index contributed by atoms with van der Waals surface area (Å²) in [7, 11) is 0. The van der Waals surface area contributed by atoms with Crippen LogP contribution in [-0.2, 0) is 52.6 Å². The van der Waals surface area contributed by atoms with Crippen LogP contribution < -0.4 is 49.1 Å². The van der Waals surface area contributed by atoms with E-state index in [9.17, 15) is 53.4 Å². The minimum absolute atomic E-state index is 0.0432. The van der Waals surface area contributed by atoms with Gasteiger partial charge >= 0.3 is 17.9 Å². The predicted octanol–water partition coefficient (Wildman–Crippen LogP) is 8.72. The third kappa shape index (κ3) is 47.3. The molecule has 90 heavy (non-hydrogen) atoms. The number of hydrogen-bond acceptors (Lipinski definition) is 16. The first-order valence-corrected chi connectivity index (χ1v) is 36.3. The topological polar surface area (TPSA) is 363 Å². The fraction of sp³-hybridized carbons (Fsp3) is 0.866. The maximum absolute atomic E-state index is 14.2. The van der Waals surface area contributed by atoms with Crippen LogP contribution in [0.2, 0.25) is 0 Å². The molecule has 0 aliphatic heterocycles. The SMILES string of the molecule is CCCCCCCCCCCCCCCC(=O)OCC(CSCC(NC(C)=O)C(=O)NC(CO)C(=O)NC(CCCCN)C(=O)NC(CCCCN)C(=O)NC(CCCCN)C(=O)NC(CCCC)C(=O)O)OC(=O)CCCCCCCCCCCCCCC. The first kappa shape index (κ1) is 85.4. The number of unbranched alkanes of at least 4 members (excludes halogenated alkanes) is 28. The molecular formula is C67H127N9O13S. The number of aliphatic hydroxyl groups excluding tert-OH is 1. The molecule has 0 saturated heterocycles. The molecule has 0 spiro atoms. The Kier molecular flexibility index (Phi) is 56.4. The Balaban J connectivity index is 6.07. The highest BCUT2D eigenvalue weighted by Crippen LogP contribution is 2.18. The number of aliphatic hydroxyl groups is 1. The number of carboxylic acids is 1. The van der Waals surface area contributed by atoms with Crippen LogP contribution in [-0.4, -0.2) is 150 Å². The van der Waals surface area contributed by atoms with Gasteiger partial charge in [-0.1, -0.05) is 188 Å². The number of carbonyl (C=O) groups is 9. The number of carboxylic acid groups (broad SMARTS) is 1. The van der Waals surface area contributed by atoms with E-state index in [1.807, 2.05) is 6.92 Å². The van der Waals surface area contributed by atoms with Gasteiger partial charge in [0, 0.05) is 31.3 Å². The molecule has 0 radical (unpaired) electrons. The molecule has 14 N–H and O–H groups in total. The van der Waals surface area contributed by atoms with Gasteiger partial charge in [-0.2, -0.15) is 11.8 Å². The van der Waals surface area contributed by atoms with Crippen molar-refractivity contribution < 1.29 is 62.8 Å². The van der Waals surface area contributed by atoms with Gasteiger partial charge in [0.2, 0.25) is 35.4 Å². The Morgan fingerprint density at radius 1 is 0.378 bits per heavy atom. The number of nitrogens with two attached hydrogens (primary N) is 3. The van der Waals surface area contributed by atoms with E-state index in [0.717, 1.165) is 50.3 Å². The van der Waals surface area contributed by atoms with Gasteiger partial charge in [0.25, 0.3) is 0 Å². The summed E-state index contributed by atoms with van der Waals surface area (Å²) < 4.78 is 11.5. The highest BCUT2D eigenvalue weighted by molar-refractivity contribution is 7.99. The van der Waals surface area contributed by atoms with Crippen molar-refractivity contribution >= 4 is 65.1 Å². The van der Waals surface area contributed by atoms with Crippen molar-refractivity contribution in [3.05, 3.63) is 0 Å². The second kappa shape index (κ2) is 59.4. The minimum atomic E-state index is -1.61. The standard InChI is InChI=1S/C67H127N9O13S/c1-5-8-11-13-15-17-19-21-23-25-27-29-31-43-60(79)88-49-53(89-61(80)44-32-30-28-26-24-22-20-18-16-14-12-9-6-2)50-90-51-59(71-52(4)78)66(85)76-58(48-77)65(84)74-55(41-34-37-46-69)63(82)72-54(40-33-36-45-68)62(81)73-56(42-35-38-47-70)64(83)75-57(67(86)87)39-10-7-3/h53-59,77H,5-51,68-70H2,1-4H3,(H,71,78)(H,72,82)(H,73,81)(H,74,84)(H,75,83)(H,76,85)(H,86,87). The van der Waals surface area contributed by atoms with Crippen LogP contribution in [0.4, 0.5) is 0 Å². The van der Waals surface area contributed by atoms with E-state index in [0.29, 0.717) is 77.3 Å². The fourth-order valence-electron chi connectivity index (χ4n) is 10.4. The van der Waals surface area contributed by atoms with E-state index in [-0.39, 0.29) is 63.2 Å². The van der Waals surface area contributed by atoms with Gasteiger partial charge in [0.1, 0.15) is 49.0 Å². The average molecular weight is 1300 g/mol. The lowest BCUT2D eigenvalue weighted by atomic mass is 10.0. The number of carbonyl (C=O) groups excluding carboxylic acids is 8. The molecule has 0 aliphatic carbocycles. The van der Waals surface area contributed by atoms with Gasteiger partial charge in [0.15, 0.2) is 0 Å². The van der Waals surface area contributed by atoms with Crippen LogP contribution >= 0.6 is 11.8 Å². The summed E-state index contributed by atoms with van der Waals surface area (Å²) in [4.78, 5) is 120. The van der Waals surface area contributed by atoms with Crippen molar-refractivity contribution in [2.24, 2.45) is 17.2 Å². The zero-order valence-electron chi connectivity index (χ0n) is 56.3. The molecule has 0 bridgehead atoms. The number of rotatable bonds is 63. The lowest BCUT2D eigenvalue weighted by Gasteiger charge is -2.27. The van der Waals surface area contributed by atoms with Gasteiger partial charge in [-0.05, 0) is 96.7 Å². The monoisotopic (exact) mass is 1300 g/mol. The van der Waals surface area contributed by atoms with E-state index in [1.54, 1.807) is 0 Å². The van der Waals surface area contributed by atoms with E-state index in [1.165, 1.54) is 122 Å². The number of esters is 2. The molecule has 0 aromatic rings. The maximum Gasteiger partial charge on any atom is 0.326 e. The van der Waals surface area contributed by atoms with Crippen molar-refractivity contribution in [2.45, 2.75) is 327 Å². The van der Waals surface area contributed by atoms with Crippen LogP contribution in [0.25, 0.3) is 0 Å². The van der Waals surface area contributed by atoms with E-state index in [2.05, 4.69) is 45.7 Å². The number of amides is 6. The molecule has 0 heterocycles. The summed E-state index contributed by atoms with van der Waals surface area (Å²) in [5.74, 6) is -6.56. The van der Waals surface area contributed by atoms with Crippen molar-refractivity contribution in [3.63, 3.8) is 0 Å². The Bertz CT molecular complexity index is 1910. The molecule has 0 saturated carbocycles. The van der Waals surface area contributed by atoms with E-state index in [4.69, 9.17) is 26.7 Å². The van der Waals surface area contributed by atoms with Gasteiger partial charge in [-0.15, -0.1) is 0 Å². The molecule has 0 aromatic heterocycles. The summed E-state index contributed by atoms with van der Waals surface area (Å²) >= 11 is 1.16. The first-order chi connectivity index (χ1) is 43.5. The van der Waals surface area contributed by atoms with Crippen LogP contribution in [0, 0.1) is 0 Å². The molecule has 0 aromatic carbocycles. The highest BCUT2D eigenvalue weighted by atomic mass is 32.2. The van der Waals surface area contributed by atoms with Gasteiger partial charge in [-0.3, -0.25) is 38.4 Å². The molecule has 7 unspecified atom stereocenters. The number of nitrogens with one attached hydrogen (secondary N) is 6. The second-order valence-electron chi connectivity index (χ2n) is 24.4. The van der Waals surface area contributed by atoms with Crippen LogP contribution in [0.3, 0.4) is 0 Å². The fourth-order valence-corrected chi connectivity index (χ4v) is 11.5. The number of ether oxygens (including phenoxy) is 2. The Morgan fingerprint density at radius 2 is 0.700 bits per heavy atom. The van der Waals surface area contributed by atoms with Crippen molar-refractivity contribution in [2.75, 3.05) is 44.4 Å². The van der Waals surface area contributed by atoms with Crippen molar-refractivity contribution in [3.8, 4) is 0 Å². The zero-order chi connectivity index (χ0) is 66.8. The van der Waals surface area contributed by atoms with E-state index < -0.39 is 102 Å². The molecule has 23 heteroatoms. The smallest absolute Gasteiger partial charge is 0.326 e. The van der Waals surface area contributed by atoms with Crippen molar-refractivity contribution in [1.82, 2.24) is 31.9 Å². The van der Waals surface area contributed by atoms with Gasteiger partial charge in [0.05, 0.1) is 6.61 Å².